The lowest BCUT2D eigenvalue weighted by molar-refractivity contribution is -0.384. The Kier molecular flexibility index (Phi) is 5.46. The first-order chi connectivity index (χ1) is 16.9. The van der Waals surface area contributed by atoms with Crippen LogP contribution in [0.25, 0.3) is 10.9 Å². The SMILES string of the molecule is O=C1NC(=O)C(Cc2ccc(N=C(c3ccccc3)c3c(O)[nH]c4ccc([N+](=O)[O-])cc34)cc2)N1. The van der Waals surface area contributed by atoms with Crippen LogP contribution >= 0.6 is 0 Å². The minimum Gasteiger partial charge on any atom is -0.494 e. The van der Waals surface area contributed by atoms with E-state index in [1.807, 2.05) is 30.3 Å². The Hall–Kier alpha value is -4.99. The smallest absolute Gasteiger partial charge is 0.322 e. The zero-order chi connectivity index (χ0) is 24.5. The van der Waals surface area contributed by atoms with Crippen molar-refractivity contribution in [2.24, 2.45) is 4.99 Å². The maximum atomic E-state index is 11.8. The first-order valence-corrected chi connectivity index (χ1v) is 10.7. The van der Waals surface area contributed by atoms with Gasteiger partial charge in [-0.3, -0.25) is 20.2 Å². The van der Waals surface area contributed by atoms with Crippen molar-refractivity contribution >= 4 is 39.9 Å². The van der Waals surface area contributed by atoms with Crippen LogP contribution < -0.4 is 10.6 Å². The number of aromatic amines is 1. The van der Waals surface area contributed by atoms with Crippen LogP contribution in [-0.2, 0) is 11.2 Å². The van der Waals surface area contributed by atoms with Crippen LogP contribution in [0, 0.1) is 10.1 Å². The highest BCUT2D eigenvalue weighted by Crippen LogP contribution is 2.33. The van der Waals surface area contributed by atoms with Gasteiger partial charge in [0.2, 0.25) is 0 Å². The summed E-state index contributed by atoms with van der Waals surface area (Å²) in [4.78, 5) is 41.6. The Bertz CT molecular complexity index is 1490. The fourth-order valence-corrected chi connectivity index (χ4v) is 4.05. The summed E-state index contributed by atoms with van der Waals surface area (Å²) in [5.41, 5.74) is 3.35. The predicted molar refractivity (Wildman–Crippen MR) is 129 cm³/mol. The Morgan fingerprint density at radius 1 is 1.03 bits per heavy atom. The van der Waals surface area contributed by atoms with Gasteiger partial charge in [0.1, 0.15) is 6.04 Å². The quantitative estimate of drug-likeness (QED) is 0.147. The van der Waals surface area contributed by atoms with Crippen molar-refractivity contribution in [2.45, 2.75) is 12.5 Å². The fraction of sp³-hybridized carbons (Fsp3) is 0.0800. The number of H-pyrrole nitrogens is 1. The molecule has 3 aromatic carbocycles. The number of imide groups is 1. The number of hydrogen-bond donors (Lipinski definition) is 4. The molecule has 4 aromatic rings. The normalized spacial score (nSPS) is 15.8. The van der Waals surface area contributed by atoms with E-state index in [1.54, 1.807) is 30.3 Å². The zero-order valence-electron chi connectivity index (χ0n) is 18.2. The van der Waals surface area contributed by atoms with Crippen LogP contribution in [-0.4, -0.2) is 38.7 Å². The van der Waals surface area contributed by atoms with Crippen LogP contribution in [0.5, 0.6) is 5.88 Å². The van der Waals surface area contributed by atoms with E-state index in [0.717, 1.165) is 5.56 Å². The highest BCUT2D eigenvalue weighted by atomic mass is 16.6. The average Bonchev–Trinajstić information content (AvgIpc) is 3.35. The molecule has 3 amide bonds. The largest absolute Gasteiger partial charge is 0.494 e. The second-order valence-corrected chi connectivity index (χ2v) is 8.05. The van der Waals surface area contributed by atoms with Gasteiger partial charge in [0.25, 0.3) is 11.6 Å². The Morgan fingerprint density at radius 2 is 1.77 bits per heavy atom. The molecule has 0 radical (unpaired) electrons. The Morgan fingerprint density at radius 3 is 2.43 bits per heavy atom. The fourth-order valence-electron chi connectivity index (χ4n) is 4.05. The molecule has 2 heterocycles. The number of aromatic nitrogens is 1. The molecule has 1 fully saturated rings. The molecule has 10 nitrogen and oxygen atoms in total. The Balaban J connectivity index is 1.56. The molecule has 4 N–H and O–H groups in total. The van der Waals surface area contributed by atoms with Crippen LogP contribution in [0.3, 0.4) is 0 Å². The number of rotatable bonds is 6. The molecular weight excluding hydrogens is 450 g/mol. The molecular formula is C25H19N5O5. The number of fused-ring (bicyclic) bond motifs is 1. The summed E-state index contributed by atoms with van der Waals surface area (Å²) < 4.78 is 0. The number of amides is 3. The van der Waals surface area contributed by atoms with Crippen molar-refractivity contribution < 1.29 is 19.6 Å². The number of aliphatic imine (C=N–C) groups is 1. The molecule has 1 aliphatic rings. The lowest BCUT2D eigenvalue weighted by Crippen LogP contribution is -2.30. The van der Waals surface area contributed by atoms with Gasteiger partial charge in [0.15, 0.2) is 5.88 Å². The van der Waals surface area contributed by atoms with Crippen LogP contribution in [0.2, 0.25) is 0 Å². The van der Waals surface area contributed by atoms with Crippen molar-refractivity contribution in [3.63, 3.8) is 0 Å². The van der Waals surface area contributed by atoms with Crippen LogP contribution in [0.1, 0.15) is 16.7 Å². The third-order valence-corrected chi connectivity index (χ3v) is 5.73. The van der Waals surface area contributed by atoms with E-state index in [1.165, 1.54) is 12.1 Å². The third-order valence-electron chi connectivity index (χ3n) is 5.73. The molecule has 0 spiro atoms. The minimum absolute atomic E-state index is 0.0995. The van der Waals surface area contributed by atoms with Crippen molar-refractivity contribution in [3.05, 3.63) is 99.6 Å². The third kappa shape index (κ3) is 4.32. The number of benzene rings is 3. The van der Waals surface area contributed by atoms with Gasteiger partial charge in [-0.25, -0.2) is 9.79 Å². The van der Waals surface area contributed by atoms with Crippen molar-refractivity contribution in [1.82, 2.24) is 15.6 Å². The van der Waals surface area contributed by atoms with Gasteiger partial charge in [-0.1, -0.05) is 42.5 Å². The summed E-state index contributed by atoms with van der Waals surface area (Å²) in [6, 6.07) is 19.5. The minimum atomic E-state index is -0.629. The number of non-ortho nitro benzene ring substituents is 1. The summed E-state index contributed by atoms with van der Waals surface area (Å²) in [7, 11) is 0. The number of nitro benzene ring substituents is 1. The van der Waals surface area contributed by atoms with Crippen molar-refractivity contribution in [3.8, 4) is 5.88 Å². The van der Waals surface area contributed by atoms with Crippen molar-refractivity contribution in [1.29, 1.82) is 0 Å². The van der Waals surface area contributed by atoms with E-state index in [-0.39, 0.29) is 17.5 Å². The molecule has 1 aliphatic heterocycles. The molecule has 0 bridgehead atoms. The standard InChI is InChI=1S/C25H19N5O5/c31-23-20(28-25(33)29-23)12-14-6-8-16(9-7-14)26-22(15-4-2-1-3-5-15)21-18-13-17(30(34)35)10-11-19(18)27-24(21)32/h1-11,13,20,27,32H,12H2,(H2,28,29,31,33). The van der Waals surface area contributed by atoms with Gasteiger partial charge < -0.3 is 15.4 Å². The maximum Gasteiger partial charge on any atom is 0.322 e. The predicted octanol–water partition coefficient (Wildman–Crippen LogP) is 3.70. The number of aromatic hydroxyl groups is 1. The molecule has 1 atom stereocenters. The summed E-state index contributed by atoms with van der Waals surface area (Å²) >= 11 is 0. The zero-order valence-corrected chi connectivity index (χ0v) is 18.2. The molecule has 1 saturated heterocycles. The maximum absolute atomic E-state index is 11.8. The van der Waals surface area contributed by atoms with Crippen LogP contribution in [0.15, 0.2) is 77.8 Å². The van der Waals surface area contributed by atoms with Crippen LogP contribution in [0.4, 0.5) is 16.2 Å². The molecule has 10 heteroatoms. The summed E-state index contributed by atoms with van der Waals surface area (Å²) in [5, 5.41) is 27.3. The number of nitrogens with zero attached hydrogens (tertiary/aromatic N) is 2. The lowest BCUT2D eigenvalue weighted by atomic mass is 10.0. The highest BCUT2D eigenvalue weighted by Gasteiger charge is 2.29. The number of carbonyl (C=O) groups excluding carboxylic acids is 2. The van der Waals surface area contributed by atoms with Gasteiger partial charge in [-0.15, -0.1) is 0 Å². The molecule has 1 unspecified atom stereocenters. The molecule has 0 saturated carbocycles. The number of carbonyl (C=O) groups is 2. The molecule has 174 valence electrons. The van der Waals surface area contributed by atoms with Gasteiger partial charge in [-0.2, -0.15) is 0 Å². The second-order valence-electron chi connectivity index (χ2n) is 8.05. The van der Waals surface area contributed by atoms with Gasteiger partial charge in [0, 0.05) is 35.0 Å². The molecule has 0 aliphatic carbocycles. The number of nitrogens with one attached hydrogen (secondary N) is 3. The number of nitro groups is 1. The first kappa shape index (κ1) is 21.8. The summed E-state index contributed by atoms with van der Waals surface area (Å²) in [6.07, 6.45) is 0.333. The van der Waals surface area contributed by atoms with E-state index >= 15 is 0 Å². The molecule has 35 heavy (non-hydrogen) atoms. The molecule has 1 aromatic heterocycles. The highest BCUT2D eigenvalue weighted by molar-refractivity contribution is 6.22. The number of hydrogen-bond acceptors (Lipinski definition) is 6. The monoisotopic (exact) mass is 469 g/mol. The second kappa shape index (κ2) is 8.75. The Labute approximate surface area is 198 Å². The topological polar surface area (TPSA) is 150 Å². The van der Waals surface area contributed by atoms with Gasteiger partial charge in [-0.05, 0) is 23.8 Å². The van der Waals surface area contributed by atoms with E-state index in [9.17, 15) is 24.8 Å². The van der Waals surface area contributed by atoms with Gasteiger partial charge in [0.05, 0.1) is 21.9 Å². The van der Waals surface area contributed by atoms with E-state index < -0.39 is 17.0 Å². The van der Waals surface area contributed by atoms with E-state index in [4.69, 9.17) is 4.99 Å². The lowest BCUT2D eigenvalue weighted by Gasteiger charge is -2.09. The van der Waals surface area contributed by atoms with E-state index in [0.29, 0.717) is 39.8 Å². The summed E-state index contributed by atoms with van der Waals surface area (Å²) in [6.45, 7) is 0. The molecule has 5 rings (SSSR count). The van der Waals surface area contributed by atoms with Gasteiger partial charge >= 0.3 is 6.03 Å². The average molecular weight is 469 g/mol. The van der Waals surface area contributed by atoms with Crippen molar-refractivity contribution in [2.75, 3.05) is 0 Å². The number of urea groups is 1. The van der Waals surface area contributed by atoms with E-state index in [2.05, 4.69) is 15.6 Å². The first-order valence-electron chi connectivity index (χ1n) is 10.7. The summed E-state index contributed by atoms with van der Waals surface area (Å²) in [5.74, 6) is -0.518.